The predicted molar refractivity (Wildman–Crippen MR) is 91.0 cm³/mol. The standard InChI is InChI=1S/C16H17N5O3S/c22-13(9-20-8-4-7-15(20)24)18-14(23)10-25-16-19-17-11-21(16)12-5-2-1-3-6-12/h1-3,5-6,11H,4,7-10H2,(H,18,22,23). The summed E-state index contributed by atoms with van der Waals surface area (Å²) in [5.74, 6) is -0.909. The first-order valence-corrected chi connectivity index (χ1v) is 8.81. The molecule has 0 bridgehead atoms. The van der Waals surface area contributed by atoms with Crippen LogP contribution in [0.4, 0.5) is 0 Å². The lowest BCUT2D eigenvalue weighted by atomic mass is 10.3. The highest BCUT2D eigenvalue weighted by Crippen LogP contribution is 2.18. The molecule has 2 aromatic rings. The molecule has 0 unspecified atom stereocenters. The van der Waals surface area contributed by atoms with Crippen molar-refractivity contribution in [2.75, 3.05) is 18.8 Å². The van der Waals surface area contributed by atoms with Crippen LogP contribution < -0.4 is 5.32 Å². The fourth-order valence-electron chi connectivity index (χ4n) is 2.49. The van der Waals surface area contributed by atoms with Crippen LogP contribution >= 0.6 is 11.8 Å². The zero-order chi connectivity index (χ0) is 17.6. The molecule has 0 spiro atoms. The van der Waals surface area contributed by atoms with Crippen molar-refractivity contribution in [2.45, 2.75) is 18.0 Å². The van der Waals surface area contributed by atoms with E-state index in [0.717, 1.165) is 12.1 Å². The Kier molecular flexibility index (Phi) is 5.44. The van der Waals surface area contributed by atoms with Crippen LogP contribution in [0.25, 0.3) is 5.69 Å². The van der Waals surface area contributed by atoms with Gasteiger partial charge in [-0.25, -0.2) is 0 Å². The Balaban J connectivity index is 1.50. The fourth-order valence-corrected chi connectivity index (χ4v) is 3.22. The molecule has 1 aromatic heterocycles. The molecule has 0 radical (unpaired) electrons. The van der Waals surface area contributed by atoms with Gasteiger partial charge in [-0.05, 0) is 18.6 Å². The van der Waals surface area contributed by atoms with E-state index in [0.29, 0.717) is 18.1 Å². The Morgan fingerprint density at radius 3 is 2.72 bits per heavy atom. The first-order valence-electron chi connectivity index (χ1n) is 7.82. The van der Waals surface area contributed by atoms with Gasteiger partial charge in [0.1, 0.15) is 6.33 Å². The van der Waals surface area contributed by atoms with Crippen molar-refractivity contribution in [1.82, 2.24) is 25.0 Å². The molecule has 1 N–H and O–H groups in total. The first-order chi connectivity index (χ1) is 12.1. The highest BCUT2D eigenvalue weighted by atomic mass is 32.2. The lowest BCUT2D eigenvalue weighted by molar-refractivity contribution is -0.135. The lowest BCUT2D eigenvalue weighted by Gasteiger charge is -2.14. The number of nitrogens with one attached hydrogen (secondary N) is 1. The first kappa shape index (κ1) is 17.2. The van der Waals surface area contributed by atoms with Crippen LogP contribution in [0.15, 0.2) is 41.8 Å². The Bertz CT molecular complexity index is 777. The number of rotatable bonds is 6. The third-order valence-electron chi connectivity index (χ3n) is 3.67. The van der Waals surface area contributed by atoms with Crippen molar-refractivity contribution >= 4 is 29.5 Å². The van der Waals surface area contributed by atoms with Crippen molar-refractivity contribution in [3.8, 4) is 5.69 Å². The molecule has 130 valence electrons. The van der Waals surface area contributed by atoms with Gasteiger partial charge in [0.2, 0.25) is 17.7 Å². The zero-order valence-corrected chi connectivity index (χ0v) is 14.2. The molecule has 1 aliphatic heterocycles. The number of benzene rings is 1. The number of hydrogen-bond donors (Lipinski definition) is 1. The number of thioether (sulfide) groups is 1. The van der Waals surface area contributed by atoms with Gasteiger partial charge in [0.05, 0.1) is 12.3 Å². The van der Waals surface area contributed by atoms with E-state index in [9.17, 15) is 14.4 Å². The number of likely N-dealkylation sites (tertiary alicyclic amines) is 1. The summed E-state index contributed by atoms with van der Waals surface area (Å²) in [5, 5.41) is 10.7. The van der Waals surface area contributed by atoms with Crippen LogP contribution in [-0.2, 0) is 14.4 Å². The fraction of sp³-hybridized carbons (Fsp3) is 0.312. The summed E-state index contributed by atoms with van der Waals surface area (Å²) in [6.07, 6.45) is 2.79. The van der Waals surface area contributed by atoms with Gasteiger partial charge in [0.25, 0.3) is 0 Å². The second-order valence-corrected chi connectivity index (χ2v) is 6.44. The van der Waals surface area contributed by atoms with Crippen LogP contribution in [0.1, 0.15) is 12.8 Å². The average Bonchev–Trinajstić information content (AvgIpc) is 3.23. The topological polar surface area (TPSA) is 97.2 Å². The van der Waals surface area contributed by atoms with Crippen molar-refractivity contribution in [1.29, 1.82) is 0 Å². The number of nitrogens with zero attached hydrogens (tertiary/aromatic N) is 4. The summed E-state index contributed by atoms with van der Waals surface area (Å²) in [6, 6.07) is 9.52. The van der Waals surface area contributed by atoms with Gasteiger partial charge in [-0.15, -0.1) is 10.2 Å². The maximum absolute atomic E-state index is 11.9. The highest BCUT2D eigenvalue weighted by Gasteiger charge is 2.23. The number of imide groups is 1. The summed E-state index contributed by atoms with van der Waals surface area (Å²) in [5.41, 5.74) is 0.888. The minimum atomic E-state index is -0.467. The molecular formula is C16H17N5O3S. The van der Waals surface area contributed by atoms with Crippen molar-refractivity contribution in [2.24, 2.45) is 0 Å². The van der Waals surface area contributed by atoms with E-state index in [1.54, 1.807) is 10.9 Å². The number of aromatic nitrogens is 3. The summed E-state index contributed by atoms with van der Waals surface area (Å²) in [7, 11) is 0. The van der Waals surface area contributed by atoms with Crippen LogP contribution in [0.5, 0.6) is 0 Å². The van der Waals surface area contributed by atoms with Crippen molar-refractivity contribution in [3.63, 3.8) is 0 Å². The lowest BCUT2D eigenvalue weighted by Crippen LogP contribution is -2.41. The van der Waals surface area contributed by atoms with Gasteiger partial charge in [-0.1, -0.05) is 30.0 Å². The van der Waals surface area contributed by atoms with Crippen LogP contribution in [0, 0.1) is 0 Å². The Morgan fingerprint density at radius 2 is 2.00 bits per heavy atom. The molecule has 8 nitrogen and oxygen atoms in total. The second kappa shape index (κ2) is 7.93. The summed E-state index contributed by atoms with van der Waals surface area (Å²) in [4.78, 5) is 36.7. The molecule has 9 heteroatoms. The monoisotopic (exact) mass is 359 g/mol. The van der Waals surface area contributed by atoms with Gasteiger partial charge in [-0.2, -0.15) is 0 Å². The molecule has 25 heavy (non-hydrogen) atoms. The van der Waals surface area contributed by atoms with Crippen LogP contribution in [0.3, 0.4) is 0 Å². The summed E-state index contributed by atoms with van der Waals surface area (Å²) >= 11 is 1.19. The maximum atomic E-state index is 11.9. The molecule has 3 amide bonds. The second-order valence-electron chi connectivity index (χ2n) is 5.50. The van der Waals surface area contributed by atoms with Gasteiger partial charge in [0.15, 0.2) is 5.16 Å². The number of carbonyl (C=O) groups is 3. The third-order valence-corrected chi connectivity index (χ3v) is 4.61. The summed E-state index contributed by atoms with van der Waals surface area (Å²) < 4.78 is 1.77. The van der Waals surface area contributed by atoms with Crippen molar-refractivity contribution in [3.05, 3.63) is 36.7 Å². The largest absolute Gasteiger partial charge is 0.333 e. The molecular weight excluding hydrogens is 342 g/mol. The van der Waals surface area contributed by atoms with Gasteiger partial charge in [0, 0.05) is 18.7 Å². The number of para-hydroxylation sites is 1. The van der Waals surface area contributed by atoms with Gasteiger partial charge >= 0.3 is 0 Å². The van der Waals surface area contributed by atoms with E-state index in [4.69, 9.17) is 0 Å². The normalized spacial score (nSPS) is 13.9. The minimum Gasteiger partial charge on any atom is -0.333 e. The average molecular weight is 359 g/mol. The summed E-state index contributed by atoms with van der Waals surface area (Å²) in [6.45, 7) is 0.491. The molecule has 1 aliphatic rings. The van der Waals surface area contributed by atoms with E-state index < -0.39 is 11.8 Å². The Hall–Kier alpha value is -2.68. The predicted octanol–water partition coefficient (Wildman–Crippen LogP) is 0.625. The van der Waals surface area contributed by atoms with Crippen LogP contribution in [-0.4, -0.2) is 56.2 Å². The van der Waals surface area contributed by atoms with Gasteiger partial charge in [-0.3, -0.25) is 24.3 Å². The number of hydrogen-bond acceptors (Lipinski definition) is 6. The van der Waals surface area contributed by atoms with E-state index in [2.05, 4.69) is 15.5 Å². The van der Waals surface area contributed by atoms with E-state index in [1.807, 2.05) is 30.3 Å². The zero-order valence-electron chi connectivity index (χ0n) is 13.4. The van der Waals surface area contributed by atoms with Crippen molar-refractivity contribution < 1.29 is 14.4 Å². The quantitative estimate of drug-likeness (QED) is 0.760. The minimum absolute atomic E-state index is 0.0329. The maximum Gasteiger partial charge on any atom is 0.246 e. The van der Waals surface area contributed by atoms with E-state index in [-0.39, 0.29) is 18.2 Å². The molecule has 0 saturated carbocycles. The number of amides is 3. The third kappa shape index (κ3) is 4.44. The van der Waals surface area contributed by atoms with E-state index in [1.165, 1.54) is 16.7 Å². The van der Waals surface area contributed by atoms with Crippen LogP contribution in [0.2, 0.25) is 0 Å². The molecule has 1 aromatic carbocycles. The molecule has 2 heterocycles. The molecule has 0 atom stereocenters. The highest BCUT2D eigenvalue weighted by molar-refractivity contribution is 7.99. The smallest absolute Gasteiger partial charge is 0.246 e. The number of carbonyl (C=O) groups excluding carboxylic acids is 3. The molecule has 1 saturated heterocycles. The van der Waals surface area contributed by atoms with E-state index >= 15 is 0 Å². The Morgan fingerprint density at radius 1 is 1.20 bits per heavy atom. The molecule has 3 rings (SSSR count). The SMILES string of the molecule is O=C(CSc1nncn1-c1ccccc1)NC(=O)CN1CCCC1=O. The molecule has 0 aliphatic carbocycles. The van der Waals surface area contributed by atoms with Gasteiger partial charge < -0.3 is 4.90 Å². The Labute approximate surface area is 148 Å². The molecule has 1 fully saturated rings.